The second-order valence-corrected chi connectivity index (χ2v) is 4.88. The fraction of sp³-hybridized carbons (Fsp3) is 0.333. The maximum absolute atomic E-state index is 11.9. The minimum Gasteiger partial charge on any atom is -0.507 e. The van der Waals surface area contributed by atoms with Crippen molar-refractivity contribution < 1.29 is 24.2 Å². The fourth-order valence-electron chi connectivity index (χ4n) is 2.19. The molecule has 2 N–H and O–H groups in total. The van der Waals surface area contributed by atoms with E-state index >= 15 is 0 Å². The van der Waals surface area contributed by atoms with E-state index in [9.17, 15) is 19.8 Å². The van der Waals surface area contributed by atoms with Crippen molar-refractivity contribution in [3.63, 3.8) is 0 Å². The van der Waals surface area contributed by atoms with Crippen LogP contribution in [0, 0.1) is 0 Å². The van der Waals surface area contributed by atoms with Gasteiger partial charge in [-0.1, -0.05) is 0 Å². The minimum atomic E-state index is -0.915. The molecule has 0 aliphatic carbocycles. The van der Waals surface area contributed by atoms with Gasteiger partial charge in [0.05, 0.1) is 13.2 Å². The van der Waals surface area contributed by atoms with Crippen molar-refractivity contribution in [2.75, 3.05) is 7.11 Å². The summed E-state index contributed by atoms with van der Waals surface area (Å²) in [5.74, 6) is 0.272. The number of rotatable bonds is 5. The highest BCUT2D eigenvalue weighted by Crippen LogP contribution is 2.28. The second-order valence-electron chi connectivity index (χ2n) is 4.88. The van der Waals surface area contributed by atoms with Crippen molar-refractivity contribution in [3.05, 3.63) is 34.4 Å². The van der Waals surface area contributed by atoms with Gasteiger partial charge in [0.2, 0.25) is 0 Å². The van der Waals surface area contributed by atoms with Gasteiger partial charge in [-0.15, -0.1) is 0 Å². The van der Waals surface area contributed by atoms with Crippen LogP contribution in [0.2, 0.25) is 0 Å². The van der Waals surface area contributed by atoms with Crippen molar-refractivity contribution in [2.45, 2.75) is 25.9 Å². The van der Waals surface area contributed by atoms with Crippen molar-refractivity contribution >= 4 is 16.6 Å². The average Bonchev–Trinajstić information content (AvgIpc) is 2.36. The number of aliphatic hydroxyl groups is 1. The molecule has 0 bridgehead atoms. The standard InChI is InChI=1S/C15H16O6/c1-8(16)3-10(17)6-12-5-9-4-11(20-2)7-13(18)14(9)15(19)21-12/h4-5,7,10,17-18H,3,6H2,1-2H3/t10-/m0/s1. The molecular weight excluding hydrogens is 276 g/mol. The summed E-state index contributed by atoms with van der Waals surface area (Å²) in [6.07, 6.45) is -0.879. The minimum absolute atomic E-state index is 0.00882. The van der Waals surface area contributed by atoms with E-state index in [-0.39, 0.29) is 35.5 Å². The van der Waals surface area contributed by atoms with Crippen LogP contribution in [0.5, 0.6) is 11.5 Å². The molecule has 2 aromatic rings. The smallest absolute Gasteiger partial charge is 0.347 e. The Labute approximate surface area is 120 Å². The van der Waals surface area contributed by atoms with Crippen LogP contribution in [0.3, 0.4) is 0 Å². The van der Waals surface area contributed by atoms with Gasteiger partial charge in [-0.2, -0.15) is 0 Å². The molecule has 0 amide bonds. The molecular formula is C15H16O6. The Bertz CT molecular complexity index is 731. The maximum Gasteiger partial charge on any atom is 0.347 e. The predicted octanol–water partition coefficient (Wildman–Crippen LogP) is 1.39. The molecule has 0 fully saturated rings. The zero-order valence-electron chi connectivity index (χ0n) is 11.8. The lowest BCUT2D eigenvalue weighted by Gasteiger charge is -2.09. The molecule has 112 valence electrons. The van der Waals surface area contributed by atoms with E-state index in [2.05, 4.69) is 0 Å². The first-order valence-electron chi connectivity index (χ1n) is 6.42. The number of ketones is 1. The van der Waals surface area contributed by atoms with E-state index in [0.29, 0.717) is 11.1 Å². The second kappa shape index (κ2) is 5.97. The first kappa shape index (κ1) is 15.1. The number of hydrogen-bond acceptors (Lipinski definition) is 6. The molecule has 1 aromatic heterocycles. The van der Waals surface area contributed by atoms with E-state index in [1.54, 1.807) is 12.1 Å². The Balaban J connectivity index is 2.44. The Kier molecular flexibility index (Phi) is 4.28. The molecule has 0 aliphatic heterocycles. The zero-order valence-corrected chi connectivity index (χ0v) is 11.8. The quantitative estimate of drug-likeness (QED) is 0.864. The number of fused-ring (bicyclic) bond motifs is 1. The van der Waals surface area contributed by atoms with Crippen LogP contribution in [0.25, 0.3) is 10.8 Å². The van der Waals surface area contributed by atoms with Crippen LogP contribution in [0.4, 0.5) is 0 Å². The lowest BCUT2D eigenvalue weighted by molar-refractivity contribution is -0.118. The van der Waals surface area contributed by atoms with Crippen LogP contribution in [-0.2, 0) is 11.2 Å². The third-order valence-corrected chi connectivity index (χ3v) is 3.06. The summed E-state index contributed by atoms with van der Waals surface area (Å²) < 4.78 is 10.1. The van der Waals surface area contributed by atoms with Crippen LogP contribution >= 0.6 is 0 Å². The monoisotopic (exact) mass is 292 g/mol. The molecule has 1 aromatic carbocycles. The number of benzene rings is 1. The van der Waals surface area contributed by atoms with E-state index in [1.165, 1.54) is 20.1 Å². The van der Waals surface area contributed by atoms with E-state index in [4.69, 9.17) is 9.15 Å². The van der Waals surface area contributed by atoms with Crippen molar-refractivity contribution in [2.24, 2.45) is 0 Å². The van der Waals surface area contributed by atoms with E-state index < -0.39 is 11.7 Å². The van der Waals surface area contributed by atoms with Crippen LogP contribution in [0.15, 0.2) is 27.4 Å². The number of Topliss-reactive ketones (excluding diaryl/α,β-unsaturated/α-hetero) is 1. The van der Waals surface area contributed by atoms with Crippen molar-refractivity contribution in [3.8, 4) is 11.5 Å². The third kappa shape index (κ3) is 3.41. The number of aromatic hydroxyl groups is 1. The summed E-state index contributed by atoms with van der Waals surface area (Å²) in [6, 6.07) is 4.46. The summed E-state index contributed by atoms with van der Waals surface area (Å²) in [5, 5.41) is 20.1. The molecule has 0 saturated heterocycles. The molecule has 1 atom stereocenters. The Morgan fingerprint density at radius 2 is 2.10 bits per heavy atom. The molecule has 0 spiro atoms. The van der Waals surface area contributed by atoms with Gasteiger partial charge < -0.3 is 19.4 Å². The topological polar surface area (TPSA) is 97.0 Å². The normalized spacial score (nSPS) is 12.3. The number of phenolic OH excluding ortho intramolecular Hbond substituents is 1. The number of carbonyl (C=O) groups excluding carboxylic acids is 1. The van der Waals surface area contributed by atoms with Crippen LogP contribution in [-0.4, -0.2) is 29.2 Å². The van der Waals surface area contributed by atoms with Gasteiger partial charge in [-0.3, -0.25) is 4.79 Å². The highest BCUT2D eigenvalue weighted by atomic mass is 16.5. The predicted molar refractivity (Wildman–Crippen MR) is 75.7 cm³/mol. The van der Waals surface area contributed by atoms with Crippen LogP contribution in [0.1, 0.15) is 19.1 Å². The average molecular weight is 292 g/mol. The molecule has 2 rings (SSSR count). The van der Waals surface area contributed by atoms with Gasteiger partial charge in [0.15, 0.2) is 0 Å². The molecule has 21 heavy (non-hydrogen) atoms. The first-order valence-corrected chi connectivity index (χ1v) is 6.42. The van der Waals surface area contributed by atoms with Gasteiger partial charge >= 0.3 is 5.63 Å². The molecule has 6 heteroatoms. The summed E-state index contributed by atoms with van der Waals surface area (Å²) >= 11 is 0. The van der Waals surface area contributed by atoms with Gasteiger partial charge in [0, 0.05) is 18.9 Å². The molecule has 1 heterocycles. The number of carbonyl (C=O) groups is 1. The molecule has 6 nitrogen and oxygen atoms in total. The highest BCUT2D eigenvalue weighted by Gasteiger charge is 2.14. The van der Waals surface area contributed by atoms with E-state index in [0.717, 1.165) is 0 Å². The maximum atomic E-state index is 11.9. The zero-order chi connectivity index (χ0) is 15.6. The largest absolute Gasteiger partial charge is 0.507 e. The number of ether oxygens (including phenoxy) is 1. The van der Waals surface area contributed by atoms with Crippen molar-refractivity contribution in [1.82, 2.24) is 0 Å². The lowest BCUT2D eigenvalue weighted by atomic mass is 10.1. The fourth-order valence-corrected chi connectivity index (χ4v) is 2.19. The van der Waals surface area contributed by atoms with Crippen LogP contribution < -0.4 is 10.4 Å². The molecule has 0 saturated carbocycles. The summed E-state index contributed by atoms with van der Waals surface area (Å²) in [7, 11) is 1.45. The number of phenols is 1. The number of aliphatic hydroxyl groups excluding tert-OH is 1. The Morgan fingerprint density at radius 3 is 2.71 bits per heavy atom. The summed E-state index contributed by atoms with van der Waals surface area (Å²) in [5.41, 5.74) is -0.697. The Hall–Kier alpha value is -2.34. The number of hydrogen-bond donors (Lipinski definition) is 2. The van der Waals surface area contributed by atoms with Crippen molar-refractivity contribution in [1.29, 1.82) is 0 Å². The van der Waals surface area contributed by atoms with Gasteiger partial charge in [0.1, 0.15) is 28.4 Å². The lowest BCUT2D eigenvalue weighted by Crippen LogP contribution is -2.15. The van der Waals surface area contributed by atoms with Gasteiger partial charge in [-0.05, 0) is 24.4 Å². The van der Waals surface area contributed by atoms with Gasteiger partial charge in [0.25, 0.3) is 0 Å². The summed E-state index contributed by atoms with van der Waals surface area (Å²) in [6.45, 7) is 1.38. The SMILES string of the molecule is COc1cc(O)c2c(=O)oc(C[C@@H](O)CC(C)=O)cc2c1. The third-order valence-electron chi connectivity index (χ3n) is 3.06. The highest BCUT2D eigenvalue weighted by molar-refractivity contribution is 5.88. The van der Waals surface area contributed by atoms with E-state index in [1.807, 2.05) is 0 Å². The first-order chi connectivity index (χ1) is 9.90. The van der Waals surface area contributed by atoms with Gasteiger partial charge in [-0.25, -0.2) is 4.79 Å². The summed E-state index contributed by atoms with van der Waals surface area (Å²) in [4.78, 5) is 22.9. The number of methoxy groups -OCH3 is 1. The molecule has 0 unspecified atom stereocenters. The molecule has 0 aliphatic rings. The molecule has 0 radical (unpaired) electrons. The Morgan fingerprint density at radius 1 is 1.38 bits per heavy atom.